The topological polar surface area (TPSA) is 43.4 Å². The number of aromatic nitrogens is 1. The minimum atomic E-state index is 0.540. The molecule has 2 aromatic rings. The Morgan fingerprint density at radius 3 is 2.76 bits per heavy atom. The SMILES string of the molecule is COc1ncc(NC2CCCCC2)cc1OCCc1cccc(C)c1. The summed E-state index contributed by atoms with van der Waals surface area (Å²) in [4.78, 5) is 4.39. The van der Waals surface area contributed by atoms with Crippen LogP contribution in [0.15, 0.2) is 36.5 Å². The summed E-state index contributed by atoms with van der Waals surface area (Å²) in [7, 11) is 1.63. The molecular formula is C21H28N2O2. The Kier molecular flexibility index (Phi) is 6.15. The summed E-state index contributed by atoms with van der Waals surface area (Å²) in [5.41, 5.74) is 3.57. The molecule has 0 radical (unpaired) electrons. The summed E-state index contributed by atoms with van der Waals surface area (Å²) >= 11 is 0. The number of aryl methyl sites for hydroxylation is 1. The summed E-state index contributed by atoms with van der Waals surface area (Å²) in [6.45, 7) is 2.71. The third-order valence-corrected chi connectivity index (χ3v) is 4.72. The third-order valence-electron chi connectivity index (χ3n) is 4.72. The molecule has 1 aliphatic carbocycles. The van der Waals surface area contributed by atoms with Crippen LogP contribution in [0.25, 0.3) is 0 Å². The fourth-order valence-electron chi connectivity index (χ4n) is 3.40. The molecule has 1 saturated carbocycles. The number of ether oxygens (including phenoxy) is 2. The standard InChI is InChI=1S/C21H28N2O2/c1-16-7-6-8-17(13-16)11-12-25-20-14-19(15-22-21(20)24-2)23-18-9-4-3-5-10-18/h6-8,13-15,18,23H,3-5,9-12H2,1-2H3. The van der Waals surface area contributed by atoms with Gasteiger partial charge >= 0.3 is 0 Å². The lowest BCUT2D eigenvalue weighted by Crippen LogP contribution is -2.22. The Bertz CT molecular complexity index is 681. The van der Waals surface area contributed by atoms with Gasteiger partial charge in [0.25, 0.3) is 5.88 Å². The van der Waals surface area contributed by atoms with E-state index in [2.05, 4.69) is 41.5 Å². The molecule has 0 bridgehead atoms. The number of rotatable bonds is 7. The summed E-state index contributed by atoms with van der Waals surface area (Å²) < 4.78 is 11.3. The molecule has 25 heavy (non-hydrogen) atoms. The summed E-state index contributed by atoms with van der Waals surface area (Å²) in [5.74, 6) is 1.24. The van der Waals surface area contributed by atoms with E-state index in [1.807, 2.05) is 12.3 Å². The molecule has 0 amide bonds. The first-order chi connectivity index (χ1) is 12.2. The van der Waals surface area contributed by atoms with E-state index in [-0.39, 0.29) is 0 Å². The van der Waals surface area contributed by atoms with Crippen LogP contribution in [0.4, 0.5) is 5.69 Å². The van der Waals surface area contributed by atoms with Gasteiger partial charge < -0.3 is 14.8 Å². The van der Waals surface area contributed by atoms with Crippen molar-refractivity contribution < 1.29 is 9.47 Å². The second-order valence-electron chi connectivity index (χ2n) is 6.80. The van der Waals surface area contributed by atoms with Gasteiger partial charge in [-0.05, 0) is 25.3 Å². The molecule has 0 atom stereocenters. The lowest BCUT2D eigenvalue weighted by Gasteiger charge is -2.24. The second-order valence-corrected chi connectivity index (χ2v) is 6.80. The van der Waals surface area contributed by atoms with Gasteiger partial charge in [0.2, 0.25) is 0 Å². The predicted octanol–water partition coefficient (Wildman–Crippen LogP) is 4.76. The lowest BCUT2D eigenvalue weighted by atomic mass is 9.95. The zero-order valence-corrected chi connectivity index (χ0v) is 15.3. The van der Waals surface area contributed by atoms with Crippen LogP contribution in [0.5, 0.6) is 11.6 Å². The number of anilines is 1. The van der Waals surface area contributed by atoms with Crippen molar-refractivity contribution in [2.75, 3.05) is 19.0 Å². The molecule has 0 aliphatic heterocycles. The molecular weight excluding hydrogens is 312 g/mol. The van der Waals surface area contributed by atoms with Gasteiger partial charge in [0, 0.05) is 18.5 Å². The van der Waals surface area contributed by atoms with Crippen molar-refractivity contribution in [3.63, 3.8) is 0 Å². The van der Waals surface area contributed by atoms with Crippen LogP contribution in [-0.4, -0.2) is 24.7 Å². The van der Waals surface area contributed by atoms with E-state index < -0.39 is 0 Å². The van der Waals surface area contributed by atoms with Crippen molar-refractivity contribution >= 4 is 5.69 Å². The molecule has 1 aliphatic rings. The molecule has 1 heterocycles. The van der Waals surface area contributed by atoms with Gasteiger partial charge in [-0.25, -0.2) is 4.98 Å². The highest BCUT2D eigenvalue weighted by Crippen LogP contribution is 2.29. The molecule has 0 spiro atoms. The molecule has 0 unspecified atom stereocenters. The zero-order valence-electron chi connectivity index (χ0n) is 15.3. The van der Waals surface area contributed by atoms with Gasteiger partial charge in [-0.15, -0.1) is 0 Å². The van der Waals surface area contributed by atoms with Crippen LogP contribution in [0.1, 0.15) is 43.2 Å². The molecule has 0 saturated heterocycles. The van der Waals surface area contributed by atoms with Crippen LogP contribution in [0, 0.1) is 6.92 Å². The maximum absolute atomic E-state index is 5.97. The minimum Gasteiger partial charge on any atom is -0.488 e. The molecule has 1 N–H and O–H groups in total. The first kappa shape index (κ1) is 17.6. The van der Waals surface area contributed by atoms with E-state index in [4.69, 9.17) is 9.47 Å². The predicted molar refractivity (Wildman–Crippen MR) is 102 cm³/mol. The molecule has 1 fully saturated rings. The molecule has 3 rings (SSSR count). The zero-order chi connectivity index (χ0) is 17.5. The lowest BCUT2D eigenvalue weighted by molar-refractivity contribution is 0.292. The number of benzene rings is 1. The van der Waals surface area contributed by atoms with Crippen molar-refractivity contribution in [3.8, 4) is 11.6 Å². The Morgan fingerprint density at radius 2 is 2.00 bits per heavy atom. The number of nitrogens with zero attached hydrogens (tertiary/aromatic N) is 1. The van der Waals surface area contributed by atoms with Crippen molar-refractivity contribution in [2.45, 2.75) is 51.5 Å². The summed E-state index contributed by atoms with van der Waals surface area (Å²) in [6, 6.07) is 11.1. The Balaban J connectivity index is 1.61. The number of pyridine rings is 1. The highest BCUT2D eigenvalue weighted by molar-refractivity contribution is 5.50. The van der Waals surface area contributed by atoms with E-state index in [1.165, 1.54) is 43.2 Å². The first-order valence-corrected chi connectivity index (χ1v) is 9.23. The fourth-order valence-corrected chi connectivity index (χ4v) is 3.40. The highest BCUT2D eigenvalue weighted by Gasteiger charge is 2.15. The average molecular weight is 340 g/mol. The maximum atomic E-state index is 5.97. The van der Waals surface area contributed by atoms with E-state index in [0.717, 1.165) is 12.1 Å². The third kappa shape index (κ3) is 5.12. The van der Waals surface area contributed by atoms with E-state index in [1.54, 1.807) is 7.11 Å². The van der Waals surface area contributed by atoms with E-state index in [9.17, 15) is 0 Å². The number of nitrogens with one attached hydrogen (secondary N) is 1. The Hall–Kier alpha value is -2.23. The summed E-state index contributed by atoms with van der Waals surface area (Å²) in [5, 5.41) is 3.59. The van der Waals surface area contributed by atoms with Crippen LogP contribution in [0.2, 0.25) is 0 Å². The van der Waals surface area contributed by atoms with Gasteiger partial charge in [0.05, 0.1) is 25.6 Å². The number of methoxy groups -OCH3 is 1. The van der Waals surface area contributed by atoms with Crippen LogP contribution >= 0.6 is 0 Å². The summed E-state index contributed by atoms with van der Waals surface area (Å²) in [6.07, 6.45) is 9.13. The fraction of sp³-hybridized carbons (Fsp3) is 0.476. The van der Waals surface area contributed by atoms with Crippen LogP contribution in [-0.2, 0) is 6.42 Å². The smallest absolute Gasteiger partial charge is 0.256 e. The van der Waals surface area contributed by atoms with Crippen molar-refractivity contribution in [2.24, 2.45) is 0 Å². The largest absolute Gasteiger partial charge is 0.488 e. The van der Waals surface area contributed by atoms with E-state index >= 15 is 0 Å². The second kappa shape index (κ2) is 8.75. The van der Waals surface area contributed by atoms with Crippen LogP contribution < -0.4 is 14.8 Å². The monoisotopic (exact) mass is 340 g/mol. The molecule has 4 heteroatoms. The van der Waals surface area contributed by atoms with Crippen molar-refractivity contribution in [1.82, 2.24) is 4.98 Å². The van der Waals surface area contributed by atoms with E-state index in [0.29, 0.717) is 24.3 Å². The average Bonchev–Trinajstić information content (AvgIpc) is 2.63. The van der Waals surface area contributed by atoms with Gasteiger partial charge in [0.1, 0.15) is 0 Å². The van der Waals surface area contributed by atoms with Gasteiger partial charge in [0.15, 0.2) is 5.75 Å². The van der Waals surface area contributed by atoms with Crippen molar-refractivity contribution in [3.05, 3.63) is 47.7 Å². The molecule has 4 nitrogen and oxygen atoms in total. The molecule has 1 aromatic carbocycles. The molecule has 1 aromatic heterocycles. The van der Waals surface area contributed by atoms with Crippen molar-refractivity contribution in [1.29, 1.82) is 0 Å². The maximum Gasteiger partial charge on any atom is 0.256 e. The number of hydrogen-bond donors (Lipinski definition) is 1. The first-order valence-electron chi connectivity index (χ1n) is 9.23. The molecule has 134 valence electrons. The van der Waals surface area contributed by atoms with Gasteiger partial charge in [-0.1, -0.05) is 49.1 Å². The Morgan fingerprint density at radius 1 is 1.16 bits per heavy atom. The quantitative estimate of drug-likeness (QED) is 0.789. The Labute approximate surface area is 150 Å². The normalized spacial score (nSPS) is 15.0. The van der Waals surface area contributed by atoms with Gasteiger partial charge in [-0.3, -0.25) is 0 Å². The van der Waals surface area contributed by atoms with Gasteiger partial charge in [-0.2, -0.15) is 0 Å². The minimum absolute atomic E-state index is 0.540. The van der Waals surface area contributed by atoms with Crippen LogP contribution in [0.3, 0.4) is 0 Å². The highest BCUT2D eigenvalue weighted by atomic mass is 16.5. The number of hydrogen-bond acceptors (Lipinski definition) is 4.